The third kappa shape index (κ3) is 3.66. The van der Waals surface area contributed by atoms with Crippen molar-refractivity contribution in [1.29, 1.82) is 0 Å². The summed E-state index contributed by atoms with van der Waals surface area (Å²) >= 11 is 0. The van der Waals surface area contributed by atoms with E-state index in [4.69, 9.17) is 0 Å². The molecule has 0 saturated carbocycles. The number of aliphatic hydroxyl groups is 1. The molecule has 2 aromatic carbocycles. The lowest BCUT2D eigenvalue weighted by atomic mass is 10.0. The summed E-state index contributed by atoms with van der Waals surface area (Å²) in [6.45, 7) is 4.84. The van der Waals surface area contributed by atoms with Crippen molar-refractivity contribution in [3.8, 4) is 11.1 Å². The molecule has 1 atom stereocenters. The number of carbonyl (C=O) groups excluding carboxylic acids is 1. The van der Waals surface area contributed by atoms with E-state index < -0.39 is 0 Å². The van der Waals surface area contributed by atoms with Gasteiger partial charge in [0.05, 0.1) is 12.2 Å². The van der Waals surface area contributed by atoms with Crippen LogP contribution in [0.15, 0.2) is 54.6 Å². The minimum Gasteiger partial charge on any atom is -0.396 e. The van der Waals surface area contributed by atoms with Crippen LogP contribution in [0.3, 0.4) is 0 Å². The normalized spacial score (nSPS) is 17.1. The molecule has 0 radical (unpaired) electrons. The average Bonchev–Trinajstić information content (AvgIpc) is 2.62. The molecule has 1 aliphatic rings. The predicted octanol–water partition coefficient (Wildman–Crippen LogP) is 2.63. The Kier molecular flexibility index (Phi) is 5.28. The van der Waals surface area contributed by atoms with Crippen molar-refractivity contribution in [3.05, 3.63) is 54.6 Å². The zero-order chi connectivity index (χ0) is 16.9. The van der Waals surface area contributed by atoms with E-state index in [2.05, 4.69) is 23.1 Å². The van der Waals surface area contributed by atoms with Crippen molar-refractivity contribution >= 4 is 11.6 Å². The summed E-state index contributed by atoms with van der Waals surface area (Å²) in [6, 6.07) is 18.3. The topological polar surface area (TPSA) is 43.8 Å². The highest BCUT2D eigenvalue weighted by Gasteiger charge is 2.27. The van der Waals surface area contributed by atoms with E-state index in [0.29, 0.717) is 13.1 Å². The molecule has 0 aromatic heterocycles. The smallest absolute Gasteiger partial charge is 0.241 e. The van der Waals surface area contributed by atoms with Gasteiger partial charge in [0, 0.05) is 31.8 Å². The number of hydrogen-bond acceptors (Lipinski definition) is 3. The van der Waals surface area contributed by atoms with E-state index in [1.165, 1.54) is 0 Å². The van der Waals surface area contributed by atoms with Crippen molar-refractivity contribution in [3.63, 3.8) is 0 Å². The van der Waals surface area contributed by atoms with Crippen LogP contribution in [0.1, 0.15) is 6.92 Å². The number of anilines is 1. The summed E-state index contributed by atoms with van der Waals surface area (Å²) in [4.78, 5) is 16.7. The first kappa shape index (κ1) is 16.7. The number of hydrogen-bond donors (Lipinski definition) is 1. The van der Waals surface area contributed by atoms with Crippen LogP contribution in [0.25, 0.3) is 11.1 Å². The van der Waals surface area contributed by atoms with Gasteiger partial charge in [-0.2, -0.15) is 0 Å². The third-order valence-corrected chi connectivity index (χ3v) is 4.46. The van der Waals surface area contributed by atoms with Gasteiger partial charge in [-0.25, -0.2) is 0 Å². The molecule has 0 spiro atoms. The molecular formula is C20H24N2O2. The van der Waals surface area contributed by atoms with Gasteiger partial charge in [-0.15, -0.1) is 0 Å². The van der Waals surface area contributed by atoms with Crippen molar-refractivity contribution in [2.75, 3.05) is 37.7 Å². The molecule has 0 aliphatic carbocycles. The molecule has 0 bridgehead atoms. The van der Waals surface area contributed by atoms with Gasteiger partial charge >= 0.3 is 0 Å². The lowest BCUT2D eigenvalue weighted by Gasteiger charge is -2.36. The Labute approximate surface area is 143 Å². The van der Waals surface area contributed by atoms with E-state index >= 15 is 0 Å². The van der Waals surface area contributed by atoms with Crippen LogP contribution in [0.2, 0.25) is 0 Å². The van der Waals surface area contributed by atoms with E-state index in [-0.39, 0.29) is 18.4 Å². The molecule has 3 rings (SSSR count). The second kappa shape index (κ2) is 7.60. The summed E-state index contributed by atoms with van der Waals surface area (Å²) in [5, 5.41) is 9.20. The van der Waals surface area contributed by atoms with Gasteiger partial charge in [-0.3, -0.25) is 9.69 Å². The molecule has 4 heteroatoms. The Morgan fingerprint density at radius 1 is 1.04 bits per heavy atom. The van der Waals surface area contributed by atoms with Crippen LogP contribution in [0.4, 0.5) is 5.69 Å². The average molecular weight is 324 g/mol. The van der Waals surface area contributed by atoms with Gasteiger partial charge in [0.25, 0.3) is 0 Å². The number of para-hydroxylation sites is 1. The van der Waals surface area contributed by atoms with Crippen molar-refractivity contribution in [2.24, 2.45) is 5.92 Å². The van der Waals surface area contributed by atoms with Crippen LogP contribution in [0, 0.1) is 5.92 Å². The zero-order valence-corrected chi connectivity index (χ0v) is 14.1. The first-order chi connectivity index (χ1) is 11.7. The van der Waals surface area contributed by atoms with E-state index in [0.717, 1.165) is 29.9 Å². The summed E-state index contributed by atoms with van der Waals surface area (Å²) in [7, 11) is 0. The monoisotopic (exact) mass is 324 g/mol. The fourth-order valence-corrected chi connectivity index (χ4v) is 3.20. The molecule has 1 fully saturated rings. The molecule has 1 amide bonds. The molecule has 1 aliphatic heterocycles. The second-order valence-electron chi connectivity index (χ2n) is 6.45. The molecule has 126 valence electrons. The molecule has 1 saturated heterocycles. The lowest BCUT2D eigenvalue weighted by molar-refractivity contribution is -0.121. The van der Waals surface area contributed by atoms with Gasteiger partial charge in [-0.1, -0.05) is 55.5 Å². The fourth-order valence-electron chi connectivity index (χ4n) is 3.20. The van der Waals surface area contributed by atoms with Crippen LogP contribution >= 0.6 is 0 Å². The van der Waals surface area contributed by atoms with Gasteiger partial charge < -0.3 is 10.0 Å². The number of nitrogens with zero attached hydrogens (tertiary/aromatic N) is 2. The largest absolute Gasteiger partial charge is 0.396 e. The van der Waals surface area contributed by atoms with Gasteiger partial charge in [0.2, 0.25) is 5.91 Å². The number of aliphatic hydroxyl groups excluding tert-OH is 1. The number of amides is 1. The fraction of sp³-hybridized carbons (Fsp3) is 0.350. The Morgan fingerprint density at radius 2 is 1.75 bits per heavy atom. The zero-order valence-electron chi connectivity index (χ0n) is 14.1. The van der Waals surface area contributed by atoms with Crippen LogP contribution in [-0.2, 0) is 4.79 Å². The Balaban J connectivity index is 1.80. The maximum Gasteiger partial charge on any atom is 0.241 e. The first-order valence-electron chi connectivity index (χ1n) is 8.47. The Hall–Kier alpha value is -2.17. The van der Waals surface area contributed by atoms with Gasteiger partial charge in [-0.05, 0) is 17.5 Å². The van der Waals surface area contributed by atoms with Crippen LogP contribution in [-0.4, -0.2) is 48.7 Å². The number of rotatable bonds is 5. The third-order valence-electron chi connectivity index (χ3n) is 4.46. The lowest BCUT2D eigenvalue weighted by Crippen LogP contribution is -2.51. The standard InChI is InChI=1S/C20H24N2O2/c1-16(15-23)13-21-11-12-22(20(24)14-21)19-10-6-5-9-18(19)17-7-3-2-4-8-17/h2-10,16,23H,11-15H2,1H3/t16-/m0/s1. The van der Waals surface area contributed by atoms with E-state index in [1.54, 1.807) is 0 Å². The highest BCUT2D eigenvalue weighted by atomic mass is 16.3. The molecule has 1 N–H and O–H groups in total. The number of benzene rings is 2. The summed E-state index contributed by atoms with van der Waals surface area (Å²) in [5.41, 5.74) is 3.18. The maximum absolute atomic E-state index is 12.7. The summed E-state index contributed by atoms with van der Waals surface area (Å²) in [5.74, 6) is 0.315. The van der Waals surface area contributed by atoms with Crippen molar-refractivity contribution in [1.82, 2.24) is 4.90 Å². The number of carbonyl (C=O) groups is 1. The highest BCUT2D eigenvalue weighted by molar-refractivity contribution is 5.99. The molecule has 24 heavy (non-hydrogen) atoms. The Bertz CT molecular complexity index is 687. The van der Waals surface area contributed by atoms with Gasteiger partial charge in [0.1, 0.15) is 0 Å². The van der Waals surface area contributed by atoms with Gasteiger partial charge in [0.15, 0.2) is 0 Å². The summed E-state index contributed by atoms with van der Waals surface area (Å²) in [6.07, 6.45) is 0. The molecule has 4 nitrogen and oxygen atoms in total. The van der Waals surface area contributed by atoms with Crippen molar-refractivity contribution < 1.29 is 9.90 Å². The van der Waals surface area contributed by atoms with E-state index in [9.17, 15) is 9.90 Å². The summed E-state index contributed by atoms with van der Waals surface area (Å²) < 4.78 is 0. The quantitative estimate of drug-likeness (QED) is 0.919. The van der Waals surface area contributed by atoms with Crippen LogP contribution < -0.4 is 4.90 Å². The Morgan fingerprint density at radius 3 is 2.46 bits per heavy atom. The highest BCUT2D eigenvalue weighted by Crippen LogP contribution is 2.31. The minimum absolute atomic E-state index is 0.120. The first-order valence-corrected chi connectivity index (χ1v) is 8.47. The van der Waals surface area contributed by atoms with Crippen molar-refractivity contribution in [2.45, 2.75) is 6.92 Å². The molecule has 2 aromatic rings. The second-order valence-corrected chi connectivity index (χ2v) is 6.45. The molecule has 1 heterocycles. The molecule has 0 unspecified atom stereocenters. The molecular weight excluding hydrogens is 300 g/mol. The maximum atomic E-state index is 12.7. The van der Waals surface area contributed by atoms with Crippen LogP contribution in [0.5, 0.6) is 0 Å². The van der Waals surface area contributed by atoms with E-state index in [1.807, 2.05) is 48.2 Å². The predicted molar refractivity (Wildman–Crippen MR) is 96.9 cm³/mol. The minimum atomic E-state index is 0.120. The number of piperazine rings is 1. The SMILES string of the molecule is C[C@H](CO)CN1CCN(c2ccccc2-c2ccccc2)C(=O)C1.